The lowest BCUT2D eigenvalue weighted by molar-refractivity contribution is 0.366. The topological polar surface area (TPSA) is 89.8 Å². The van der Waals surface area contributed by atoms with E-state index in [9.17, 15) is 8.42 Å². The monoisotopic (exact) mass is 331 g/mol. The van der Waals surface area contributed by atoms with E-state index in [1.165, 1.54) is 18.5 Å². The molecule has 2 heterocycles. The summed E-state index contributed by atoms with van der Waals surface area (Å²) in [5.41, 5.74) is 0.310. The van der Waals surface area contributed by atoms with Crippen LogP contribution in [0, 0.1) is 0 Å². The van der Waals surface area contributed by atoms with Crippen LogP contribution in [-0.2, 0) is 15.6 Å². The highest BCUT2D eigenvalue weighted by molar-refractivity contribution is 7.92. The van der Waals surface area contributed by atoms with E-state index in [0.717, 1.165) is 0 Å². The number of aromatic nitrogens is 4. The Kier molecular flexibility index (Phi) is 3.56. The molecule has 0 fully saturated rings. The van der Waals surface area contributed by atoms with E-state index in [1.807, 2.05) is 20.8 Å². The van der Waals surface area contributed by atoms with Crippen LogP contribution in [0.1, 0.15) is 20.8 Å². The largest absolute Gasteiger partial charge is 0.263 e. The number of nitrogens with one attached hydrogen (secondary N) is 1. The summed E-state index contributed by atoms with van der Waals surface area (Å²) in [4.78, 5) is 8.46. The predicted octanol–water partition coefficient (Wildman–Crippen LogP) is 2.38. The highest BCUT2D eigenvalue weighted by Crippen LogP contribution is 2.25. The van der Waals surface area contributed by atoms with Crippen LogP contribution < -0.4 is 4.72 Å². The van der Waals surface area contributed by atoms with Gasteiger partial charge in [0.25, 0.3) is 10.0 Å². The second kappa shape index (κ2) is 5.31. The summed E-state index contributed by atoms with van der Waals surface area (Å²) in [5.74, 6) is 0.217. The zero-order valence-electron chi connectivity index (χ0n) is 13.1. The average molecular weight is 331 g/mol. The zero-order valence-corrected chi connectivity index (χ0v) is 13.9. The maximum atomic E-state index is 12.5. The lowest BCUT2D eigenvalue weighted by atomic mass is 10.1. The normalized spacial score (nSPS) is 12.5. The highest BCUT2D eigenvalue weighted by atomic mass is 32.2. The molecule has 0 atom stereocenters. The van der Waals surface area contributed by atoms with Gasteiger partial charge < -0.3 is 0 Å². The first-order valence-electron chi connectivity index (χ1n) is 7.06. The Morgan fingerprint density at radius 1 is 1.09 bits per heavy atom. The van der Waals surface area contributed by atoms with Crippen molar-refractivity contribution in [2.75, 3.05) is 4.72 Å². The maximum Gasteiger partial charge on any atom is 0.263 e. The minimum Gasteiger partial charge on any atom is -0.263 e. The molecule has 120 valence electrons. The Morgan fingerprint density at radius 2 is 1.78 bits per heavy atom. The van der Waals surface area contributed by atoms with Crippen LogP contribution in [0.4, 0.5) is 5.82 Å². The van der Waals surface area contributed by atoms with E-state index in [1.54, 1.807) is 29.1 Å². The van der Waals surface area contributed by atoms with E-state index < -0.39 is 10.0 Å². The molecule has 1 N–H and O–H groups in total. The van der Waals surface area contributed by atoms with Gasteiger partial charge in [-0.3, -0.25) is 4.72 Å². The minimum atomic E-state index is -3.71. The fraction of sp³-hybridized carbons (Fsp3) is 0.267. The van der Waals surface area contributed by atoms with Crippen molar-refractivity contribution in [3.05, 3.63) is 42.9 Å². The molecule has 0 aliphatic rings. The van der Waals surface area contributed by atoms with Crippen LogP contribution in [0.25, 0.3) is 11.0 Å². The van der Waals surface area contributed by atoms with Gasteiger partial charge in [0.15, 0.2) is 11.5 Å². The van der Waals surface area contributed by atoms with Crippen LogP contribution in [-0.4, -0.2) is 28.2 Å². The minimum absolute atomic E-state index is 0.176. The fourth-order valence-corrected chi connectivity index (χ4v) is 3.25. The molecule has 0 spiro atoms. The number of nitrogens with zero attached hydrogens (tertiary/aromatic N) is 4. The molecule has 3 rings (SSSR count). The summed E-state index contributed by atoms with van der Waals surface area (Å²) in [7, 11) is -3.71. The van der Waals surface area contributed by atoms with E-state index in [-0.39, 0.29) is 16.3 Å². The molecule has 0 saturated heterocycles. The van der Waals surface area contributed by atoms with Gasteiger partial charge in [0.2, 0.25) is 0 Å². The van der Waals surface area contributed by atoms with Crippen molar-refractivity contribution >= 4 is 26.9 Å². The Balaban J connectivity index is 2.07. The van der Waals surface area contributed by atoms with Gasteiger partial charge in [-0.1, -0.05) is 18.2 Å². The quantitative estimate of drug-likeness (QED) is 0.796. The third-order valence-corrected chi connectivity index (χ3v) is 4.64. The molecule has 23 heavy (non-hydrogen) atoms. The summed E-state index contributed by atoms with van der Waals surface area (Å²) in [6.45, 7) is 5.99. The van der Waals surface area contributed by atoms with Crippen molar-refractivity contribution in [3.63, 3.8) is 0 Å². The maximum absolute atomic E-state index is 12.5. The van der Waals surface area contributed by atoms with Gasteiger partial charge in [0.05, 0.1) is 22.0 Å². The molecule has 0 bridgehead atoms. The number of hydrogen-bond acceptors (Lipinski definition) is 5. The third kappa shape index (κ3) is 2.89. The van der Waals surface area contributed by atoms with Gasteiger partial charge in [-0.25, -0.2) is 23.1 Å². The molecule has 0 aliphatic carbocycles. The van der Waals surface area contributed by atoms with Gasteiger partial charge >= 0.3 is 0 Å². The molecular weight excluding hydrogens is 314 g/mol. The number of rotatable bonds is 3. The lowest BCUT2D eigenvalue weighted by Crippen LogP contribution is -2.23. The first-order chi connectivity index (χ1) is 10.8. The molecule has 0 amide bonds. The van der Waals surface area contributed by atoms with E-state index in [4.69, 9.17) is 0 Å². The molecule has 0 unspecified atom stereocenters. The predicted molar refractivity (Wildman–Crippen MR) is 87.6 cm³/mol. The molecule has 0 radical (unpaired) electrons. The summed E-state index contributed by atoms with van der Waals surface area (Å²) in [6.07, 6.45) is 2.90. The lowest BCUT2D eigenvalue weighted by Gasteiger charge is -2.19. The Labute approximate surface area is 134 Å². The summed E-state index contributed by atoms with van der Waals surface area (Å²) < 4.78 is 29.2. The van der Waals surface area contributed by atoms with E-state index >= 15 is 0 Å². The van der Waals surface area contributed by atoms with E-state index in [0.29, 0.717) is 11.0 Å². The summed E-state index contributed by atoms with van der Waals surface area (Å²) in [6, 6.07) is 8.15. The molecule has 1 aromatic carbocycles. The van der Waals surface area contributed by atoms with Crippen molar-refractivity contribution in [2.24, 2.45) is 0 Å². The number of anilines is 1. The number of sulfonamides is 1. The average Bonchev–Trinajstić information content (AvgIpc) is 2.93. The summed E-state index contributed by atoms with van der Waals surface area (Å²) >= 11 is 0. The number of benzene rings is 1. The Bertz CT molecular complexity index is 943. The van der Waals surface area contributed by atoms with Crippen molar-refractivity contribution in [2.45, 2.75) is 31.2 Å². The Morgan fingerprint density at radius 3 is 2.43 bits per heavy atom. The van der Waals surface area contributed by atoms with Crippen molar-refractivity contribution in [3.8, 4) is 0 Å². The highest BCUT2D eigenvalue weighted by Gasteiger charge is 2.22. The van der Waals surface area contributed by atoms with E-state index in [2.05, 4.69) is 19.8 Å². The smallest absolute Gasteiger partial charge is 0.263 e. The first kappa shape index (κ1) is 15.4. The van der Waals surface area contributed by atoms with Crippen LogP contribution in [0.2, 0.25) is 0 Å². The van der Waals surface area contributed by atoms with Crippen LogP contribution in [0.3, 0.4) is 0 Å². The molecule has 3 aromatic rings. The standard InChI is InChI=1S/C15H17N5O2S/c1-15(2,3)20-14-12(9-18-20)13(16-10-17-14)19-23(21,22)11-7-5-4-6-8-11/h4-10H,1-3H3,(H,16,17,19). The Hall–Kier alpha value is -2.48. The molecule has 7 nitrogen and oxygen atoms in total. The van der Waals surface area contributed by atoms with Crippen molar-refractivity contribution in [1.29, 1.82) is 0 Å². The van der Waals surface area contributed by atoms with Crippen LogP contribution in [0.5, 0.6) is 0 Å². The fourth-order valence-electron chi connectivity index (χ4n) is 2.20. The summed E-state index contributed by atoms with van der Waals surface area (Å²) in [5, 5.41) is 4.87. The second-order valence-electron chi connectivity index (χ2n) is 6.11. The van der Waals surface area contributed by atoms with Gasteiger partial charge in [-0.15, -0.1) is 0 Å². The third-order valence-electron chi connectivity index (χ3n) is 3.29. The van der Waals surface area contributed by atoms with Crippen molar-refractivity contribution in [1.82, 2.24) is 19.7 Å². The van der Waals surface area contributed by atoms with Gasteiger partial charge in [0.1, 0.15) is 6.33 Å². The molecule has 0 aliphatic heterocycles. The van der Waals surface area contributed by atoms with Gasteiger partial charge in [-0.2, -0.15) is 5.10 Å². The van der Waals surface area contributed by atoms with Crippen molar-refractivity contribution < 1.29 is 8.42 Å². The number of fused-ring (bicyclic) bond motifs is 1. The van der Waals surface area contributed by atoms with Crippen LogP contribution in [0.15, 0.2) is 47.8 Å². The van der Waals surface area contributed by atoms with Crippen LogP contribution >= 0.6 is 0 Å². The SMILES string of the molecule is CC(C)(C)n1ncc2c(NS(=O)(=O)c3ccccc3)ncnc21. The van der Waals surface area contributed by atoms with Gasteiger partial charge in [0, 0.05) is 0 Å². The number of hydrogen-bond donors (Lipinski definition) is 1. The van der Waals surface area contributed by atoms with Gasteiger partial charge in [-0.05, 0) is 32.9 Å². The molecule has 8 heteroatoms. The second-order valence-corrected chi connectivity index (χ2v) is 7.79. The first-order valence-corrected chi connectivity index (χ1v) is 8.54. The molecular formula is C15H17N5O2S. The zero-order chi connectivity index (χ0) is 16.7. The molecule has 0 saturated carbocycles. The molecule has 2 aromatic heterocycles.